The largest absolute Gasteiger partial charge is 0.464 e. The van der Waals surface area contributed by atoms with Gasteiger partial charge in [-0.3, -0.25) is 0 Å². The molecule has 1 fully saturated rings. The summed E-state index contributed by atoms with van der Waals surface area (Å²) in [6, 6.07) is 0. The van der Waals surface area contributed by atoms with Crippen LogP contribution in [0.5, 0.6) is 0 Å². The molecule has 2 unspecified atom stereocenters. The van der Waals surface area contributed by atoms with Crippen molar-refractivity contribution in [1.82, 2.24) is 0 Å². The standard InChI is InChI=1S/C24H46O3/c1-3-5-7-9-10-11-12-13-14-15-16-17-18-20-22-23(27-22)24(25)26-21-19-8-6-4-2/h22-23H,3-21H2,1-2H3. The first-order chi connectivity index (χ1) is 13.3. The van der Waals surface area contributed by atoms with E-state index in [0.717, 1.165) is 19.3 Å². The van der Waals surface area contributed by atoms with Gasteiger partial charge in [0.05, 0.1) is 12.7 Å². The molecule has 0 bridgehead atoms. The molecule has 0 aromatic heterocycles. The third-order valence-corrected chi connectivity index (χ3v) is 5.65. The lowest BCUT2D eigenvalue weighted by Crippen LogP contribution is -2.14. The number of rotatable bonds is 20. The van der Waals surface area contributed by atoms with Crippen LogP contribution in [0.2, 0.25) is 0 Å². The van der Waals surface area contributed by atoms with E-state index in [2.05, 4.69) is 13.8 Å². The van der Waals surface area contributed by atoms with Gasteiger partial charge < -0.3 is 9.47 Å². The van der Waals surface area contributed by atoms with E-state index in [-0.39, 0.29) is 18.2 Å². The van der Waals surface area contributed by atoms with Gasteiger partial charge >= 0.3 is 5.97 Å². The maximum absolute atomic E-state index is 11.8. The minimum absolute atomic E-state index is 0.133. The molecule has 0 aromatic carbocycles. The Balaban J connectivity index is 1.77. The molecule has 0 aromatic rings. The number of carbonyl (C=O) groups excluding carboxylic acids is 1. The van der Waals surface area contributed by atoms with Crippen molar-refractivity contribution in [1.29, 1.82) is 0 Å². The van der Waals surface area contributed by atoms with Gasteiger partial charge in [-0.25, -0.2) is 4.79 Å². The second-order valence-corrected chi connectivity index (χ2v) is 8.35. The summed E-state index contributed by atoms with van der Waals surface area (Å²) in [5, 5.41) is 0. The van der Waals surface area contributed by atoms with E-state index in [4.69, 9.17) is 9.47 Å². The van der Waals surface area contributed by atoms with Crippen molar-refractivity contribution in [3.63, 3.8) is 0 Å². The maximum atomic E-state index is 11.8. The zero-order chi connectivity index (χ0) is 19.6. The molecule has 0 spiro atoms. The smallest absolute Gasteiger partial charge is 0.338 e. The monoisotopic (exact) mass is 382 g/mol. The Labute approximate surface area is 169 Å². The fourth-order valence-electron chi connectivity index (χ4n) is 3.72. The molecule has 0 N–H and O–H groups in total. The molecule has 160 valence electrons. The summed E-state index contributed by atoms with van der Waals surface area (Å²) in [5.41, 5.74) is 0. The van der Waals surface area contributed by atoms with Crippen LogP contribution >= 0.6 is 0 Å². The van der Waals surface area contributed by atoms with Gasteiger partial charge in [-0.15, -0.1) is 0 Å². The van der Waals surface area contributed by atoms with Crippen molar-refractivity contribution in [3.8, 4) is 0 Å². The highest BCUT2D eigenvalue weighted by Crippen LogP contribution is 2.28. The lowest BCUT2D eigenvalue weighted by Gasteiger charge is -2.03. The van der Waals surface area contributed by atoms with Crippen LogP contribution in [-0.4, -0.2) is 24.8 Å². The fourth-order valence-corrected chi connectivity index (χ4v) is 3.72. The Kier molecular flexibility index (Phi) is 15.9. The molecule has 3 heteroatoms. The molecule has 0 saturated carbocycles. The van der Waals surface area contributed by atoms with Crippen LogP contribution in [-0.2, 0) is 14.3 Å². The van der Waals surface area contributed by atoms with Gasteiger partial charge in [-0.2, -0.15) is 0 Å². The van der Waals surface area contributed by atoms with Gasteiger partial charge in [0.2, 0.25) is 0 Å². The summed E-state index contributed by atoms with van der Waals surface area (Å²) in [6.07, 6.45) is 23.3. The van der Waals surface area contributed by atoms with Crippen LogP contribution in [0.15, 0.2) is 0 Å². The van der Waals surface area contributed by atoms with Crippen molar-refractivity contribution >= 4 is 5.97 Å². The molecule has 1 aliphatic rings. The first kappa shape index (κ1) is 24.5. The average Bonchev–Trinajstić information content (AvgIpc) is 3.45. The van der Waals surface area contributed by atoms with E-state index in [1.807, 2.05) is 0 Å². The third-order valence-electron chi connectivity index (χ3n) is 5.65. The zero-order valence-electron chi connectivity index (χ0n) is 18.3. The molecule has 0 radical (unpaired) electrons. The SMILES string of the molecule is CCCCCCCCCCCCCCCC1OC1C(=O)OCCCCCC. The van der Waals surface area contributed by atoms with Crippen molar-refractivity contribution in [2.45, 2.75) is 142 Å². The second-order valence-electron chi connectivity index (χ2n) is 8.35. The van der Waals surface area contributed by atoms with Crippen molar-refractivity contribution in [2.75, 3.05) is 6.61 Å². The molecular formula is C24H46O3. The minimum atomic E-state index is -0.256. The Morgan fingerprint density at radius 3 is 1.63 bits per heavy atom. The molecule has 0 aliphatic carbocycles. The number of hydrogen-bond donors (Lipinski definition) is 0. The zero-order valence-corrected chi connectivity index (χ0v) is 18.3. The molecule has 1 saturated heterocycles. The predicted molar refractivity (Wildman–Crippen MR) is 114 cm³/mol. The number of carbonyl (C=O) groups is 1. The topological polar surface area (TPSA) is 38.8 Å². The Morgan fingerprint density at radius 1 is 0.667 bits per heavy atom. The van der Waals surface area contributed by atoms with Crippen LogP contribution in [0.4, 0.5) is 0 Å². The first-order valence-corrected chi connectivity index (χ1v) is 12.1. The number of hydrogen-bond acceptors (Lipinski definition) is 3. The van der Waals surface area contributed by atoms with E-state index < -0.39 is 0 Å². The summed E-state index contributed by atoms with van der Waals surface area (Å²) in [6.45, 7) is 5.02. The Morgan fingerprint density at radius 2 is 1.11 bits per heavy atom. The van der Waals surface area contributed by atoms with Crippen molar-refractivity contribution < 1.29 is 14.3 Å². The van der Waals surface area contributed by atoms with Crippen LogP contribution in [0, 0.1) is 0 Å². The van der Waals surface area contributed by atoms with Crippen LogP contribution < -0.4 is 0 Å². The third kappa shape index (κ3) is 14.1. The summed E-state index contributed by atoms with van der Waals surface area (Å²) in [4.78, 5) is 11.8. The Bertz CT molecular complexity index is 343. The van der Waals surface area contributed by atoms with Gasteiger partial charge in [0.1, 0.15) is 0 Å². The van der Waals surface area contributed by atoms with Crippen LogP contribution in [0.1, 0.15) is 129 Å². The molecule has 2 atom stereocenters. The molecule has 1 heterocycles. The molecule has 3 nitrogen and oxygen atoms in total. The fraction of sp³-hybridized carbons (Fsp3) is 0.958. The van der Waals surface area contributed by atoms with Crippen molar-refractivity contribution in [3.05, 3.63) is 0 Å². The van der Waals surface area contributed by atoms with Gasteiger partial charge in [-0.1, -0.05) is 117 Å². The number of esters is 1. The van der Waals surface area contributed by atoms with E-state index >= 15 is 0 Å². The number of ether oxygens (including phenoxy) is 2. The molecule has 0 amide bonds. The van der Waals surface area contributed by atoms with Crippen LogP contribution in [0.3, 0.4) is 0 Å². The molecule has 1 aliphatic heterocycles. The van der Waals surface area contributed by atoms with Crippen molar-refractivity contribution in [2.24, 2.45) is 0 Å². The molecule has 1 rings (SSSR count). The highest BCUT2D eigenvalue weighted by Gasteiger charge is 2.45. The normalized spacial score (nSPS) is 18.6. The minimum Gasteiger partial charge on any atom is -0.464 e. The number of epoxide rings is 1. The van der Waals surface area contributed by atoms with Crippen LogP contribution in [0.25, 0.3) is 0 Å². The molecule has 27 heavy (non-hydrogen) atoms. The number of unbranched alkanes of at least 4 members (excludes halogenated alkanes) is 15. The highest BCUT2D eigenvalue weighted by molar-refractivity contribution is 5.77. The van der Waals surface area contributed by atoms with E-state index in [9.17, 15) is 4.79 Å². The first-order valence-electron chi connectivity index (χ1n) is 12.1. The summed E-state index contributed by atoms with van der Waals surface area (Å²) in [7, 11) is 0. The highest BCUT2D eigenvalue weighted by atomic mass is 16.6. The van der Waals surface area contributed by atoms with Gasteiger partial charge in [0.15, 0.2) is 6.10 Å². The van der Waals surface area contributed by atoms with Gasteiger partial charge in [0, 0.05) is 0 Å². The summed E-state index contributed by atoms with van der Waals surface area (Å²) < 4.78 is 10.8. The lowest BCUT2D eigenvalue weighted by molar-refractivity contribution is -0.145. The van der Waals surface area contributed by atoms with E-state index in [0.29, 0.717) is 6.61 Å². The Hall–Kier alpha value is -0.570. The predicted octanol–water partition coefficient (Wildman–Crippen LogP) is 7.36. The second kappa shape index (κ2) is 17.5. The average molecular weight is 383 g/mol. The van der Waals surface area contributed by atoms with Gasteiger partial charge in [0.25, 0.3) is 0 Å². The maximum Gasteiger partial charge on any atom is 0.338 e. The lowest BCUT2D eigenvalue weighted by atomic mass is 10.0. The van der Waals surface area contributed by atoms with E-state index in [1.54, 1.807) is 0 Å². The summed E-state index contributed by atoms with van der Waals surface area (Å²) >= 11 is 0. The molecular weight excluding hydrogens is 336 g/mol. The van der Waals surface area contributed by atoms with E-state index in [1.165, 1.54) is 96.3 Å². The van der Waals surface area contributed by atoms with Gasteiger partial charge in [-0.05, 0) is 12.8 Å². The quantitative estimate of drug-likeness (QED) is 0.125. The summed E-state index contributed by atoms with van der Waals surface area (Å²) in [5.74, 6) is -0.133.